The topological polar surface area (TPSA) is 0 Å². The summed E-state index contributed by atoms with van der Waals surface area (Å²) in [5.41, 5.74) is 0. The van der Waals surface area contributed by atoms with E-state index in [-0.39, 0.29) is 38.8 Å². The molecule has 0 aliphatic carbocycles. The van der Waals surface area contributed by atoms with Gasteiger partial charge in [-0.15, -0.1) is 12.1 Å². The van der Waals surface area contributed by atoms with Gasteiger partial charge in [-0.2, -0.15) is 18.2 Å². The molecule has 0 N–H and O–H groups in total. The molecule has 56 valence electrons. The first-order valence-electron chi connectivity index (χ1n) is 2.02. The molecular formula is C6H4FNi2-. The minimum atomic E-state index is -0.303. The summed E-state index contributed by atoms with van der Waals surface area (Å²) in [6, 6.07) is 8.62. The van der Waals surface area contributed by atoms with Crippen LogP contribution in [-0.4, -0.2) is 0 Å². The summed E-state index contributed by atoms with van der Waals surface area (Å²) in [5.74, 6) is -0.303. The molecule has 0 atom stereocenters. The molecule has 0 amide bonds. The minimum Gasteiger partial charge on any atom is -0.236 e. The molecule has 0 spiro atoms. The molecule has 0 unspecified atom stereocenters. The van der Waals surface area contributed by atoms with E-state index in [1.807, 2.05) is 0 Å². The normalized spacial score (nSPS) is 6.78. The molecule has 0 aliphatic heterocycles. The molecule has 1 rings (SSSR count). The van der Waals surface area contributed by atoms with Crippen molar-refractivity contribution >= 4 is 0 Å². The maximum Gasteiger partial charge on any atom is 0.0108 e. The number of hydrogen-bond donors (Lipinski definition) is 0. The number of halogens is 1. The zero-order valence-corrected chi connectivity index (χ0v) is 6.30. The average Bonchev–Trinajstić information content (AvgIpc) is 1.69. The molecule has 0 aromatic heterocycles. The second kappa shape index (κ2) is 6.26. The van der Waals surface area contributed by atoms with Crippen molar-refractivity contribution in [2.75, 3.05) is 0 Å². The number of hydrogen-bond acceptors (Lipinski definition) is 0. The van der Waals surface area contributed by atoms with Crippen molar-refractivity contribution in [2.45, 2.75) is 0 Å². The Balaban J connectivity index is 0. The van der Waals surface area contributed by atoms with Gasteiger partial charge in [-0.1, -0.05) is 0 Å². The Hall–Kier alpha value is 0.137. The molecule has 0 fully saturated rings. The predicted octanol–water partition coefficient (Wildman–Crippen LogP) is 1.62. The summed E-state index contributed by atoms with van der Waals surface area (Å²) in [4.78, 5) is 0. The van der Waals surface area contributed by atoms with E-state index in [1.54, 1.807) is 12.1 Å². The van der Waals surface area contributed by atoms with Gasteiger partial charge in [-0.3, -0.25) is 0 Å². The average molecular weight is 212 g/mol. The monoisotopic (exact) mass is 211 g/mol. The van der Waals surface area contributed by atoms with Crippen LogP contribution in [0.4, 0.5) is 4.39 Å². The molecule has 3 heteroatoms. The van der Waals surface area contributed by atoms with Gasteiger partial charge >= 0.3 is 0 Å². The third-order valence-corrected chi connectivity index (χ3v) is 0.671. The Labute approximate surface area is 73.7 Å². The molecule has 0 aliphatic rings. The Morgan fingerprint density at radius 1 is 1.22 bits per heavy atom. The van der Waals surface area contributed by atoms with Gasteiger partial charge in [0.1, 0.15) is 0 Å². The van der Waals surface area contributed by atoms with Crippen molar-refractivity contribution in [3.05, 3.63) is 36.1 Å². The van der Waals surface area contributed by atoms with Crippen molar-refractivity contribution in [3.8, 4) is 0 Å². The summed E-state index contributed by atoms with van der Waals surface area (Å²) >= 11 is 0. The van der Waals surface area contributed by atoms with Crippen LogP contribution in [0.25, 0.3) is 0 Å². The van der Waals surface area contributed by atoms with Crippen LogP contribution in [0, 0.1) is 11.9 Å². The Kier molecular flexibility index (Phi) is 8.26. The van der Waals surface area contributed by atoms with Crippen molar-refractivity contribution in [3.63, 3.8) is 0 Å². The number of rotatable bonds is 0. The predicted molar refractivity (Wildman–Crippen MR) is 25.2 cm³/mol. The van der Waals surface area contributed by atoms with Gasteiger partial charge in [0.05, 0.1) is 0 Å². The number of benzene rings is 1. The van der Waals surface area contributed by atoms with Crippen molar-refractivity contribution in [1.82, 2.24) is 0 Å². The fraction of sp³-hybridized carbons (Fsp3) is 0. The molecule has 0 bridgehead atoms. The van der Waals surface area contributed by atoms with Gasteiger partial charge in [-0.25, -0.2) is 4.39 Å². The summed E-state index contributed by atoms with van der Waals surface area (Å²) in [7, 11) is 0. The van der Waals surface area contributed by atoms with Crippen LogP contribution in [0.15, 0.2) is 24.3 Å². The molecular weight excluding hydrogens is 208 g/mol. The molecule has 1 aromatic carbocycles. The van der Waals surface area contributed by atoms with Gasteiger partial charge in [0.25, 0.3) is 0 Å². The van der Waals surface area contributed by atoms with E-state index in [1.165, 1.54) is 12.1 Å². The van der Waals surface area contributed by atoms with Crippen LogP contribution < -0.4 is 0 Å². The quantitative estimate of drug-likeness (QED) is 0.453. The fourth-order valence-electron chi connectivity index (χ4n) is 0.371. The maximum atomic E-state index is 11.9. The molecule has 0 radical (unpaired) electrons. The first kappa shape index (κ1) is 11.9. The standard InChI is InChI=1S/C6H4F.2Ni/c7-6-4-2-1-3-5-6;;/h1-4H;;/q-1;;. The van der Waals surface area contributed by atoms with E-state index in [9.17, 15) is 4.39 Å². The van der Waals surface area contributed by atoms with Crippen LogP contribution in [0.5, 0.6) is 0 Å². The smallest absolute Gasteiger partial charge is 0.0108 e. The van der Waals surface area contributed by atoms with E-state index in [0.717, 1.165) is 0 Å². The Morgan fingerprint density at radius 2 is 1.89 bits per heavy atom. The van der Waals surface area contributed by atoms with Crippen LogP contribution in [-0.2, 0) is 33.0 Å². The molecule has 0 nitrogen and oxygen atoms in total. The molecule has 9 heavy (non-hydrogen) atoms. The third kappa shape index (κ3) is 4.63. The first-order valence-corrected chi connectivity index (χ1v) is 2.02. The Morgan fingerprint density at radius 3 is 2.11 bits per heavy atom. The van der Waals surface area contributed by atoms with Gasteiger partial charge < -0.3 is 0 Å². The van der Waals surface area contributed by atoms with E-state index in [0.29, 0.717) is 0 Å². The summed E-state index contributed by atoms with van der Waals surface area (Å²) < 4.78 is 11.9. The fourth-order valence-corrected chi connectivity index (χ4v) is 0.371. The largest absolute Gasteiger partial charge is 0.236 e. The molecule has 1 aromatic rings. The van der Waals surface area contributed by atoms with E-state index >= 15 is 0 Å². The Bertz CT molecular complexity index is 141. The molecule has 0 heterocycles. The third-order valence-electron chi connectivity index (χ3n) is 0.671. The molecule has 0 saturated heterocycles. The zero-order valence-electron chi connectivity index (χ0n) is 4.32. The van der Waals surface area contributed by atoms with Crippen LogP contribution in [0.2, 0.25) is 0 Å². The summed E-state index contributed by atoms with van der Waals surface area (Å²) in [5, 5.41) is 0. The van der Waals surface area contributed by atoms with E-state index < -0.39 is 0 Å². The van der Waals surface area contributed by atoms with Gasteiger partial charge in [0, 0.05) is 38.8 Å². The van der Waals surface area contributed by atoms with Crippen molar-refractivity contribution in [1.29, 1.82) is 0 Å². The maximum absolute atomic E-state index is 11.9. The second-order valence-corrected chi connectivity index (χ2v) is 1.21. The van der Waals surface area contributed by atoms with Gasteiger partial charge in [-0.05, 0) is 0 Å². The SMILES string of the molecule is Fc1[c-]cccc1.[Ni].[Ni]. The minimum absolute atomic E-state index is 0. The summed E-state index contributed by atoms with van der Waals surface area (Å²) in [6.45, 7) is 0. The van der Waals surface area contributed by atoms with Crippen molar-refractivity contribution in [2.24, 2.45) is 0 Å². The van der Waals surface area contributed by atoms with Crippen LogP contribution >= 0.6 is 0 Å². The van der Waals surface area contributed by atoms with Gasteiger partial charge in [0.15, 0.2) is 0 Å². The van der Waals surface area contributed by atoms with Crippen LogP contribution in [0.1, 0.15) is 0 Å². The zero-order chi connectivity index (χ0) is 5.11. The molecule has 0 saturated carbocycles. The summed E-state index contributed by atoms with van der Waals surface area (Å²) in [6.07, 6.45) is 0. The van der Waals surface area contributed by atoms with E-state index in [4.69, 9.17) is 0 Å². The first-order chi connectivity index (χ1) is 3.39. The van der Waals surface area contributed by atoms with E-state index in [2.05, 4.69) is 6.07 Å². The second-order valence-electron chi connectivity index (χ2n) is 1.21. The van der Waals surface area contributed by atoms with Crippen molar-refractivity contribution < 1.29 is 37.4 Å². The van der Waals surface area contributed by atoms with Gasteiger partial charge in [0.2, 0.25) is 0 Å². The van der Waals surface area contributed by atoms with Crippen LogP contribution in [0.3, 0.4) is 0 Å².